The number of likely N-dealkylation sites (tertiary alicyclic amines) is 1. The molecule has 1 aliphatic rings. The molecule has 178 valence electrons. The molecule has 1 aliphatic heterocycles. The van der Waals surface area contributed by atoms with Crippen LogP contribution < -0.4 is 4.74 Å². The van der Waals surface area contributed by atoms with E-state index in [9.17, 15) is 0 Å². The second kappa shape index (κ2) is 10.7. The Bertz CT molecular complexity index is 1300. The molecule has 35 heavy (non-hydrogen) atoms. The number of pyridine rings is 1. The van der Waals surface area contributed by atoms with E-state index in [0.29, 0.717) is 12.2 Å². The van der Waals surface area contributed by atoms with Gasteiger partial charge in [-0.15, -0.1) is 0 Å². The van der Waals surface area contributed by atoms with Gasteiger partial charge in [0.05, 0.1) is 23.0 Å². The number of aromatic nitrogens is 2. The van der Waals surface area contributed by atoms with E-state index >= 15 is 0 Å². The molecule has 1 fully saturated rings. The lowest BCUT2D eigenvalue weighted by Crippen LogP contribution is -2.33. The lowest BCUT2D eigenvalue weighted by Gasteiger charge is -2.31. The molecule has 0 amide bonds. The van der Waals surface area contributed by atoms with Gasteiger partial charge < -0.3 is 9.26 Å². The Kier molecular flexibility index (Phi) is 7.06. The van der Waals surface area contributed by atoms with Crippen LogP contribution in [0.5, 0.6) is 5.75 Å². The van der Waals surface area contributed by atoms with Gasteiger partial charge in [-0.05, 0) is 99.6 Å². The standard InChI is InChI=1S/C29H30N4O2/c1-21-24(20-34-26-9-5-23(18-30)6-10-26)8-11-27-28(32-35-29(21)27)12-7-22-13-16-33(17-14-22)19-25-4-2-3-15-31-25/h2-6,8-11,15,22H,7,12-14,16-17,19-20H2,1H3. The molecule has 0 atom stereocenters. The van der Waals surface area contributed by atoms with Crippen LogP contribution in [-0.4, -0.2) is 28.1 Å². The number of nitrogens with zero attached hydrogens (tertiary/aromatic N) is 4. The first-order chi connectivity index (χ1) is 17.2. The number of ether oxygens (including phenoxy) is 1. The van der Waals surface area contributed by atoms with Crippen molar-refractivity contribution in [2.45, 2.75) is 45.8 Å². The first-order valence-corrected chi connectivity index (χ1v) is 12.3. The number of hydrogen-bond acceptors (Lipinski definition) is 6. The summed E-state index contributed by atoms with van der Waals surface area (Å²) in [5.41, 5.74) is 5.82. The van der Waals surface area contributed by atoms with Crippen molar-refractivity contribution in [1.82, 2.24) is 15.0 Å². The summed E-state index contributed by atoms with van der Waals surface area (Å²) >= 11 is 0. The van der Waals surface area contributed by atoms with Gasteiger partial charge in [0.15, 0.2) is 5.58 Å². The van der Waals surface area contributed by atoms with Gasteiger partial charge in [-0.2, -0.15) is 5.26 Å². The van der Waals surface area contributed by atoms with Crippen LogP contribution in [0, 0.1) is 24.2 Å². The molecule has 0 aliphatic carbocycles. The summed E-state index contributed by atoms with van der Waals surface area (Å²) in [5.74, 6) is 1.47. The molecule has 0 N–H and O–H groups in total. The minimum atomic E-state index is 0.445. The van der Waals surface area contributed by atoms with Gasteiger partial charge in [0.2, 0.25) is 0 Å². The molecule has 0 unspecified atom stereocenters. The van der Waals surface area contributed by atoms with Crippen LogP contribution >= 0.6 is 0 Å². The van der Waals surface area contributed by atoms with Gasteiger partial charge in [0.1, 0.15) is 12.4 Å². The number of rotatable bonds is 8. The molecule has 2 aromatic heterocycles. The molecule has 4 aromatic rings. The summed E-state index contributed by atoms with van der Waals surface area (Å²) in [5, 5.41) is 14.5. The molecule has 2 aromatic carbocycles. The Balaban J connectivity index is 1.15. The van der Waals surface area contributed by atoms with Crippen molar-refractivity contribution in [1.29, 1.82) is 5.26 Å². The molecule has 0 saturated carbocycles. The van der Waals surface area contributed by atoms with Crippen molar-refractivity contribution in [2.75, 3.05) is 13.1 Å². The van der Waals surface area contributed by atoms with E-state index in [1.54, 1.807) is 12.1 Å². The number of piperidine rings is 1. The van der Waals surface area contributed by atoms with Crippen molar-refractivity contribution < 1.29 is 9.26 Å². The number of nitriles is 1. The molecule has 5 rings (SSSR count). The van der Waals surface area contributed by atoms with Crippen molar-refractivity contribution >= 4 is 11.0 Å². The van der Waals surface area contributed by atoms with Crippen LogP contribution in [0.2, 0.25) is 0 Å². The van der Waals surface area contributed by atoms with Gasteiger partial charge in [-0.3, -0.25) is 9.88 Å². The third-order valence-electron chi connectivity index (χ3n) is 7.06. The van der Waals surface area contributed by atoms with Crippen LogP contribution in [0.4, 0.5) is 0 Å². The number of aryl methyl sites for hydroxylation is 2. The van der Waals surface area contributed by atoms with E-state index in [-0.39, 0.29) is 0 Å². The molecule has 0 spiro atoms. The minimum Gasteiger partial charge on any atom is -0.489 e. The van der Waals surface area contributed by atoms with E-state index in [4.69, 9.17) is 14.5 Å². The van der Waals surface area contributed by atoms with Crippen molar-refractivity contribution in [3.8, 4) is 11.8 Å². The van der Waals surface area contributed by atoms with Crippen molar-refractivity contribution in [3.05, 3.63) is 88.9 Å². The third-order valence-corrected chi connectivity index (χ3v) is 7.06. The fourth-order valence-corrected chi connectivity index (χ4v) is 4.85. The molecule has 1 saturated heterocycles. The van der Waals surface area contributed by atoms with E-state index in [2.05, 4.69) is 52.3 Å². The predicted octanol–water partition coefficient (Wildman–Crippen LogP) is 5.83. The molecular formula is C29H30N4O2. The monoisotopic (exact) mass is 466 g/mol. The maximum absolute atomic E-state index is 8.94. The first-order valence-electron chi connectivity index (χ1n) is 12.3. The second-order valence-electron chi connectivity index (χ2n) is 9.36. The topological polar surface area (TPSA) is 75.2 Å². The fraction of sp³-hybridized carbons (Fsp3) is 0.345. The highest BCUT2D eigenvalue weighted by atomic mass is 16.5. The summed E-state index contributed by atoms with van der Waals surface area (Å²) < 4.78 is 11.7. The molecule has 0 bridgehead atoms. The summed E-state index contributed by atoms with van der Waals surface area (Å²) in [6.07, 6.45) is 6.40. The number of fused-ring (bicyclic) bond motifs is 1. The summed E-state index contributed by atoms with van der Waals surface area (Å²) in [6.45, 7) is 5.70. The van der Waals surface area contributed by atoms with Gasteiger partial charge in [0, 0.05) is 23.7 Å². The zero-order chi connectivity index (χ0) is 24.0. The average Bonchev–Trinajstić information content (AvgIpc) is 3.33. The van der Waals surface area contributed by atoms with Gasteiger partial charge in [-0.1, -0.05) is 17.3 Å². The van der Waals surface area contributed by atoms with E-state index in [0.717, 1.165) is 77.6 Å². The molecular weight excluding hydrogens is 436 g/mol. The number of benzene rings is 2. The fourth-order valence-electron chi connectivity index (χ4n) is 4.85. The van der Waals surface area contributed by atoms with Gasteiger partial charge in [-0.25, -0.2) is 0 Å². The highest BCUT2D eigenvalue weighted by Gasteiger charge is 2.21. The molecule has 6 heteroatoms. The molecule has 3 heterocycles. The van der Waals surface area contributed by atoms with E-state index in [1.807, 2.05) is 24.4 Å². The van der Waals surface area contributed by atoms with Crippen LogP contribution in [-0.2, 0) is 19.6 Å². The summed E-state index contributed by atoms with van der Waals surface area (Å²) in [7, 11) is 0. The van der Waals surface area contributed by atoms with Crippen LogP contribution in [0.1, 0.15) is 47.3 Å². The SMILES string of the molecule is Cc1c(COc2ccc(C#N)cc2)ccc2c(CCC3CCN(Cc4ccccn4)CC3)noc12. The third kappa shape index (κ3) is 5.52. The Labute approximate surface area is 206 Å². The smallest absolute Gasteiger partial charge is 0.170 e. The van der Waals surface area contributed by atoms with Crippen LogP contribution in [0.25, 0.3) is 11.0 Å². The zero-order valence-electron chi connectivity index (χ0n) is 20.1. The normalized spacial score (nSPS) is 14.7. The van der Waals surface area contributed by atoms with Gasteiger partial charge >= 0.3 is 0 Å². The van der Waals surface area contributed by atoms with Crippen LogP contribution in [0.15, 0.2) is 65.3 Å². The first kappa shape index (κ1) is 23.1. The lowest BCUT2D eigenvalue weighted by atomic mass is 9.91. The Hall–Kier alpha value is -3.69. The quantitative estimate of drug-likeness (QED) is 0.325. The number of hydrogen-bond donors (Lipinski definition) is 0. The van der Waals surface area contributed by atoms with Crippen LogP contribution in [0.3, 0.4) is 0 Å². The maximum atomic E-state index is 8.94. The summed E-state index contributed by atoms with van der Waals surface area (Å²) in [4.78, 5) is 6.97. The Morgan fingerprint density at radius 2 is 1.91 bits per heavy atom. The summed E-state index contributed by atoms with van der Waals surface area (Å²) in [6, 6.07) is 19.6. The largest absolute Gasteiger partial charge is 0.489 e. The highest BCUT2D eigenvalue weighted by molar-refractivity contribution is 5.83. The van der Waals surface area contributed by atoms with Gasteiger partial charge in [0.25, 0.3) is 0 Å². The van der Waals surface area contributed by atoms with Crippen molar-refractivity contribution in [3.63, 3.8) is 0 Å². The zero-order valence-corrected chi connectivity index (χ0v) is 20.1. The lowest BCUT2D eigenvalue weighted by molar-refractivity contribution is 0.170. The van der Waals surface area contributed by atoms with E-state index < -0.39 is 0 Å². The minimum absolute atomic E-state index is 0.445. The Morgan fingerprint density at radius 3 is 2.66 bits per heavy atom. The Morgan fingerprint density at radius 1 is 1.09 bits per heavy atom. The van der Waals surface area contributed by atoms with E-state index in [1.165, 1.54) is 12.8 Å². The predicted molar refractivity (Wildman–Crippen MR) is 135 cm³/mol. The maximum Gasteiger partial charge on any atom is 0.170 e. The second-order valence-corrected chi connectivity index (χ2v) is 9.36. The molecule has 0 radical (unpaired) electrons. The highest BCUT2D eigenvalue weighted by Crippen LogP contribution is 2.29. The average molecular weight is 467 g/mol. The molecule has 6 nitrogen and oxygen atoms in total. The van der Waals surface area contributed by atoms with Crippen molar-refractivity contribution in [2.24, 2.45) is 5.92 Å².